The largest absolute Gasteiger partial charge is 0.393 e. The Hall–Kier alpha value is -0.900. The van der Waals surface area contributed by atoms with E-state index in [0.717, 1.165) is 37.5 Å². The molecule has 4 nitrogen and oxygen atoms in total. The van der Waals surface area contributed by atoms with Crippen molar-refractivity contribution in [2.75, 3.05) is 0 Å². The maximum absolute atomic E-state index is 9.70. The lowest BCUT2D eigenvalue weighted by Crippen LogP contribution is -2.16. The van der Waals surface area contributed by atoms with E-state index in [0.29, 0.717) is 5.92 Å². The van der Waals surface area contributed by atoms with Gasteiger partial charge in [0.1, 0.15) is 11.6 Å². The molecule has 0 aliphatic heterocycles. The van der Waals surface area contributed by atoms with Gasteiger partial charge in [0.05, 0.1) is 6.10 Å². The Kier molecular flexibility index (Phi) is 3.05. The standard InChI is InChI=1S/C11H19N3O/c1-8-12-9(2)14(13-8)7-6-10-4-3-5-11(10)15/h10-11,15H,3-7H2,1-2H3. The summed E-state index contributed by atoms with van der Waals surface area (Å²) in [6, 6.07) is 0. The summed E-state index contributed by atoms with van der Waals surface area (Å²) in [5.74, 6) is 2.27. The van der Waals surface area contributed by atoms with Crippen LogP contribution >= 0.6 is 0 Å². The van der Waals surface area contributed by atoms with Crippen LogP contribution in [0.5, 0.6) is 0 Å². The SMILES string of the molecule is Cc1nc(C)n(CCC2CCCC2O)n1. The summed E-state index contributed by atoms with van der Waals surface area (Å²) in [6.07, 6.45) is 4.23. The Morgan fingerprint density at radius 3 is 2.73 bits per heavy atom. The number of rotatable bonds is 3. The third-order valence-corrected chi connectivity index (χ3v) is 3.29. The Labute approximate surface area is 90.3 Å². The first kappa shape index (κ1) is 10.6. The zero-order valence-corrected chi connectivity index (χ0v) is 9.48. The van der Waals surface area contributed by atoms with Gasteiger partial charge in [-0.3, -0.25) is 4.68 Å². The normalized spacial score (nSPS) is 26.1. The quantitative estimate of drug-likeness (QED) is 0.819. The van der Waals surface area contributed by atoms with Crippen LogP contribution in [0, 0.1) is 19.8 Å². The first-order valence-corrected chi connectivity index (χ1v) is 5.73. The predicted octanol–water partition coefficient (Wildman–Crippen LogP) is 1.45. The van der Waals surface area contributed by atoms with Gasteiger partial charge in [-0.05, 0) is 39.0 Å². The van der Waals surface area contributed by atoms with E-state index < -0.39 is 0 Å². The van der Waals surface area contributed by atoms with Gasteiger partial charge in [0.15, 0.2) is 0 Å². The molecule has 1 heterocycles. The zero-order chi connectivity index (χ0) is 10.8. The first-order valence-electron chi connectivity index (χ1n) is 5.73. The van der Waals surface area contributed by atoms with E-state index in [1.165, 1.54) is 6.42 Å². The van der Waals surface area contributed by atoms with Crippen molar-refractivity contribution in [3.8, 4) is 0 Å². The molecule has 0 amide bonds. The average molecular weight is 209 g/mol. The van der Waals surface area contributed by atoms with Crippen molar-refractivity contribution in [2.45, 2.75) is 52.2 Å². The second-order valence-corrected chi connectivity index (χ2v) is 4.48. The van der Waals surface area contributed by atoms with Gasteiger partial charge >= 0.3 is 0 Å². The minimum atomic E-state index is -0.0880. The Morgan fingerprint density at radius 2 is 2.20 bits per heavy atom. The summed E-state index contributed by atoms with van der Waals surface area (Å²) >= 11 is 0. The van der Waals surface area contributed by atoms with Crippen LogP contribution in [0.3, 0.4) is 0 Å². The zero-order valence-electron chi connectivity index (χ0n) is 9.48. The molecule has 2 unspecified atom stereocenters. The number of hydrogen-bond donors (Lipinski definition) is 1. The number of aliphatic hydroxyl groups is 1. The highest BCUT2D eigenvalue weighted by Crippen LogP contribution is 2.28. The molecule has 1 aliphatic carbocycles. The van der Waals surface area contributed by atoms with Crippen LogP contribution in [-0.4, -0.2) is 26.0 Å². The molecule has 0 saturated heterocycles. The number of aryl methyl sites for hydroxylation is 3. The smallest absolute Gasteiger partial charge is 0.147 e. The third kappa shape index (κ3) is 2.37. The molecule has 1 fully saturated rings. The van der Waals surface area contributed by atoms with Crippen LogP contribution in [0.4, 0.5) is 0 Å². The van der Waals surface area contributed by atoms with Crippen molar-refractivity contribution in [3.05, 3.63) is 11.6 Å². The lowest BCUT2D eigenvalue weighted by atomic mass is 10.0. The molecule has 1 aromatic heterocycles. The second kappa shape index (κ2) is 4.31. The van der Waals surface area contributed by atoms with Crippen LogP contribution in [0.25, 0.3) is 0 Å². The summed E-state index contributed by atoms with van der Waals surface area (Å²) in [5, 5.41) is 14.0. The number of hydrogen-bond acceptors (Lipinski definition) is 3. The molecule has 1 saturated carbocycles. The molecule has 2 rings (SSSR count). The Morgan fingerprint density at radius 1 is 1.40 bits per heavy atom. The molecule has 4 heteroatoms. The summed E-state index contributed by atoms with van der Waals surface area (Å²) < 4.78 is 1.94. The molecule has 1 aromatic rings. The molecule has 0 radical (unpaired) electrons. The minimum absolute atomic E-state index is 0.0880. The van der Waals surface area contributed by atoms with Crippen molar-refractivity contribution in [2.24, 2.45) is 5.92 Å². The maximum atomic E-state index is 9.70. The van der Waals surface area contributed by atoms with Crippen molar-refractivity contribution in [3.63, 3.8) is 0 Å². The van der Waals surface area contributed by atoms with E-state index in [9.17, 15) is 5.11 Å². The van der Waals surface area contributed by atoms with Crippen LogP contribution in [0.1, 0.15) is 37.3 Å². The van der Waals surface area contributed by atoms with Crippen molar-refractivity contribution < 1.29 is 5.11 Å². The monoisotopic (exact) mass is 209 g/mol. The fourth-order valence-corrected chi connectivity index (χ4v) is 2.42. The fraction of sp³-hybridized carbons (Fsp3) is 0.818. The lowest BCUT2D eigenvalue weighted by Gasteiger charge is -2.14. The van der Waals surface area contributed by atoms with Gasteiger partial charge in [-0.1, -0.05) is 6.42 Å². The molecule has 1 N–H and O–H groups in total. The number of aromatic nitrogens is 3. The highest BCUT2D eigenvalue weighted by molar-refractivity contribution is 4.88. The minimum Gasteiger partial charge on any atom is -0.393 e. The number of aliphatic hydroxyl groups excluding tert-OH is 1. The second-order valence-electron chi connectivity index (χ2n) is 4.48. The van der Waals surface area contributed by atoms with Gasteiger partial charge in [0.25, 0.3) is 0 Å². The van der Waals surface area contributed by atoms with Gasteiger partial charge < -0.3 is 5.11 Å². The van der Waals surface area contributed by atoms with Gasteiger partial charge in [0.2, 0.25) is 0 Å². The Bertz CT molecular complexity index is 335. The van der Waals surface area contributed by atoms with Crippen LogP contribution < -0.4 is 0 Å². The van der Waals surface area contributed by atoms with E-state index in [4.69, 9.17) is 0 Å². The van der Waals surface area contributed by atoms with Gasteiger partial charge in [-0.15, -0.1) is 0 Å². The topological polar surface area (TPSA) is 50.9 Å². The van der Waals surface area contributed by atoms with Crippen molar-refractivity contribution in [1.82, 2.24) is 14.8 Å². The molecular formula is C11H19N3O. The first-order chi connectivity index (χ1) is 7.16. The average Bonchev–Trinajstić information content (AvgIpc) is 2.70. The van der Waals surface area contributed by atoms with E-state index in [1.54, 1.807) is 0 Å². The van der Waals surface area contributed by atoms with E-state index in [1.807, 2.05) is 18.5 Å². The molecule has 0 spiro atoms. The number of nitrogens with zero attached hydrogens (tertiary/aromatic N) is 3. The van der Waals surface area contributed by atoms with Crippen LogP contribution in [-0.2, 0) is 6.54 Å². The van der Waals surface area contributed by atoms with Gasteiger partial charge in [-0.25, -0.2) is 4.98 Å². The van der Waals surface area contributed by atoms with Crippen LogP contribution in [0.15, 0.2) is 0 Å². The predicted molar refractivity (Wildman–Crippen MR) is 57.5 cm³/mol. The molecule has 0 aromatic carbocycles. The van der Waals surface area contributed by atoms with E-state index in [-0.39, 0.29) is 6.10 Å². The molecule has 84 valence electrons. The molecule has 15 heavy (non-hydrogen) atoms. The van der Waals surface area contributed by atoms with E-state index in [2.05, 4.69) is 10.1 Å². The maximum Gasteiger partial charge on any atom is 0.147 e. The van der Waals surface area contributed by atoms with Gasteiger partial charge in [-0.2, -0.15) is 5.10 Å². The summed E-state index contributed by atoms with van der Waals surface area (Å²) in [7, 11) is 0. The highest BCUT2D eigenvalue weighted by Gasteiger charge is 2.24. The summed E-state index contributed by atoms with van der Waals surface area (Å²) in [4.78, 5) is 4.26. The summed E-state index contributed by atoms with van der Waals surface area (Å²) in [6.45, 7) is 4.77. The third-order valence-electron chi connectivity index (χ3n) is 3.29. The van der Waals surface area contributed by atoms with Gasteiger partial charge in [0, 0.05) is 6.54 Å². The van der Waals surface area contributed by atoms with Crippen LogP contribution in [0.2, 0.25) is 0 Å². The fourth-order valence-electron chi connectivity index (χ4n) is 2.42. The highest BCUT2D eigenvalue weighted by atomic mass is 16.3. The molecule has 1 aliphatic rings. The van der Waals surface area contributed by atoms with Crippen molar-refractivity contribution >= 4 is 0 Å². The molecule has 2 atom stereocenters. The molecular weight excluding hydrogens is 190 g/mol. The Balaban J connectivity index is 1.90. The summed E-state index contributed by atoms with van der Waals surface area (Å²) in [5.41, 5.74) is 0. The van der Waals surface area contributed by atoms with E-state index >= 15 is 0 Å². The van der Waals surface area contributed by atoms with Crippen molar-refractivity contribution in [1.29, 1.82) is 0 Å². The lowest BCUT2D eigenvalue weighted by molar-refractivity contribution is 0.124. The molecule has 0 bridgehead atoms.